The standard InChI is InChI=1S/C33H43ClF3N7O3/c1-38-29-25(33(35,36)37)18-21(19-26(29)34)20-28(30(45)42-13-9-23(10-14-42)41(2)3)40-31(46)43-15-11-24(12-16-43)44-17-8-22-6-4-5-7-27(22)39-32(44)47/h4-7,18-19,23-24,28,38H,8-17,20H2,1-3H3,(H,39,47)(H,40,46). The van der Waals surface area contributed by atoms with Crippen LogP contribution < -0.4 is 16.0 Å². The fourth-order valence-electron chi connectivity index (χ4n) is 6.88. The number of amides is 5. The molecule has 10 nitrogen and oxygen atoms in total. The second-order valence-corrected chi connectivity index (χ2v) is 13.1. The Balaban J connectivity index is 1.28. The van der Waals surface area contributed by atoms with Crippen molar-refractivity contribution in [2.45, 2.75) is 62.8 Å². The lowest BCUT2D eigenvalue weighted by Gasteiger charge is -2.39. The highest BCUT2D eigenvalue weighted by atomic mass is 35.5. The lowest BCUT2D eigenvalue weighted by molar-refractivity contribution is -0.137. The number of carbonyl (C=O) groups excluding carboxylic acids is 3. The zero-order valence-electron chi connectivity index (χ0n) is 27.0. The summed E-state index contributed by atoms with van der Waals surface area (Å²) in [6.45, 7) is 2.26. The van der Waals surface area contributed by atoms with Crippen molar-refractivity contribution in [3.8, 4) is 0 Å². The summed E-state index contributed by atoms with van der Waals surface area (Å²) < 4.78 is 41.8. The largest absolute Gasteiger partial charge is 0.418 e. The van der Waals surface area contributed by atoms with E-state index in [-0.39, 0.29) is 40.7 Å². The average Bonchev–Trinajstić information content (AvgIpc) is 3.21. The first-order chi connectivity index (χ1) is 22.3. The quantitative estimate of drug-likeness (QED) is 0.378. The smallest absolute Gasteiger partial charge is 0.386 e. The Morgan fingerprint density at radius 1 is 1.02 bits per heavy atom. The normalized spacial score (nSPS) is 18.8. The summed E-state index contributed by atoms with van der Waals surface area (Å²) in [7, 11) is 5.34. The number of urea groups is 2. The van der Waals surface area contributed by atoms with Gasteiger partial charge in [-0.15, -0.1) is 0 Å². The van der Waals surface area contributed by atoms with E-state index in [9.17, 15) is 27.6 Å². The van der Waals surface area contributed by atoms with Crippen molar-refractivity contribution in [3.05, 3.63) is 58.1 Å². The summed E-state index contributed by atoms with van der Waals surface area (Å²) in [6, 6.07) is 8.65. The maximum Gasteiger partial charge on any atom is 0.418 e. The number of carbonyl (C=O) groups is 3. The monoisotopic (exact) mass is 677 g/mol. The molecule has 5 amide bonds. The number of hydrogen-bond acceptors (Lipinski definition) is 5. The maximum absolute atomic E-state index is 13.9. The van der Waals surface area contributed by atoms with E-state index in [1.54, 1.807) is 9.80 Å². The molecule has 0 aliphatic carbocycles. The van der Waals surface area contributed by atoms with Gasteiger partial charge in [0.2, 0.25) is 5.91 Å². The molecule has 3 heterocycles. The minimum absolute atomic E-state index is 0.0580. The van der Waals surface area contributed by atoms with Crippen molar-refractivity contribution in [2.24, 2.45) is 0 Å². The lowest BCUT2D eigenvalue weighted by atomic mass is 9.98. The van der Waals surface area contributed by atoms with E-state index in [1.165, 1.54) is 13.1 Å². The Morgan fingerprint density at radius 3 is 2.32 bits per heavy atom. The van der Waals surface area contributed by atoms with E-state index in [1.807, 2.05) is 43.3 Å². The van der Waals surface area contributed by atoms with Gasteiger partial charge in [0.1, 0.15) is 6.04 Å². The van der Waals surface area contributed by atoms with Crippen LogP contribution in [0, 0.1) is 0 Å². The fourth-order valence-corrected chi connectivity index (χ4v) is 7.21. The van der Waals surface area contributed by atoms with Gasteiger partial charge in [-0.3, -0.25) is 4.79 Å². The van der Waals surface area contributed by atoms with Gasteiger partial charge in [0, 0.05) is 64.0 Å². The molecule has 0 bridgehead atoms. The number of para-hydroxylation sites is 1. The summed E-state index contributed by atoms with van der Waals surface area (Å²) in [5, 5.41) is 8.24. The summed E-state index contributed by atoms with van der Waals surface area (Å²) >= 11 is 6.26. The Hall–Kier alpha value is -3.71. The molecular formula is C33H43ClF3N7O3. The molecule has 3 N–H and O–H groups in total. The highest BCUT2D eigenvalue weighted by Gasteiger charge is 2.37. The van der Waals surface area contributed by atoms with Gasteiger partial charge in [-0.1, -0.05) is 29.8 Å². The number of anilines is 2. The number of piperidine rings is 2. The molecular weight excluding hydrogens is 635 g/mol. The number of nitrogens with one attached hydrogen (secondary N) is 3. The molecule has 3 aliphatic heterocycles. The molecule has 1 atom stereocenters. The van der Waals surface area contributed by atoms with Gasteiger partial charge in [0.05, 0.1) is 16.3 Å². The highest BCUT2D eigenvalue weighted by Crippen LogP contribution is 2.39. The van der Waals surface area contributed by atoms with Crippen molar-refractivity contribution in [1.29, 1.82) is 0 Å². The average molecular weight is 678 g/mol. The number of benzene rings is 2. The molecule has 0 aromatic heterocycles. The minimum Gasteiger partial charge on any atom is -0.386 e. The summed E-state index contributed by atoms with van der Waals surface area (Å²) in [6.07, 6.45) is -1.48. The van der Waals surface area contributed by atoms with Crippen LogP contribution in [0.3, 0.4) is 0 Å². The van der Waals surface area contributed by atoms with Crippen LogP contribution >= 0.6 is 11.6 Å². The van der Waals surface area contributed by atoms with Crippen molar-refractivity contribution in [1.82, 2.24) is 24.9 Å². The minimum atomic E-state index is -4.67. The second kappa shape index (κ2) is 14.6. The third kappa shape index (κ3) is 8.06. The van der Waals surface area contributed by atoms with Gasteiger partial charge in [0.15, 0.2) is 0 Å². The molecule has 5 rings (SSSR count). The topological polar surface area (TPSA) is 100 Å². The van der Waals surface area contributed by atoms with Crippen LogP contribution in [0.1, 0.15) is 42.4 Å². The van der Waals surface area contributed by atoms with Gasteiger partial charge in [-0.2, -0.15) is 13.2 Å². The van der Waals surface area contributed by atoms with Gasteiger partial charge < -0.3 is 35.6 Å². The van der Waals surface area contributed by atoms with Crippen LogP contribution in [-0.4, -0.2) is 110 Å². The van der Waals surface area contributed by atoms with Gasteiger partial charge in [0.25, 0.3) is 0 Å². The van der Waals surface area contributed by atoms with E-state index < -0.39 is 23.8 Å². The molecule has 2 saturated heterocycles. The van der Waals surface area contributed by atoms with E-state index in [0.29, 0.717) is 51.6 Å². The van der Waals surface area contributed by atoms with Crippen molar-refractivity contribution in [3.63, 3.8) is 0 Å². The summed E-state index contributed by atoms with van der Waals surface area (Å²) in [5.74, 6) is -0.339. The first kappa shape index (κ1) is 34.6. The third-order valence-electron chi connectivity index (χ3n) is 9.58. The van der Waals surface area contributed by atoms with E-state index in [2.05, 4.69) is 20.9 Å². The lowest BCUT2D eigenvalue weighted by Crippen LogP contribution is -2.57. The van der Waals surface area contributed by atoms with Gasteiger partial charge >= 0.3 is 18.2 Å². The van der Waals surface area contributed by atoms with E-state index in [4.69, 9.17) is 11.6 Å². The highest BCUT2D eigenvalue weighted by molar-refractivity contribution is 6.33. The fraction of sp³-hybridized carbons (Fsp3) is 0.545. The summed E-state index contributed by atoms with van der Waals surface area (Å²) in [5.41, 5.74) is 0.892. The van der Waals surface area contributed by atoms with Crippen LogP contribution in [0.15, 0.2) is 36.4 Å². The Morgan fingerprint density at radius 2 is 1.68 bits per heavy atom. The molecule has 0 radical (unpaired) electrons. The predicted octanol–water partition coefficient (Wildman–Crippen LogP) is 5.13. The predicted molar refractivity (Wildman–Crippen MR) is 176 cm³/mol. The number of halogens is 4. The molecule has 47 heavy (non-hydrogen) atoms. The number of fused-ring (bicyclic) bond motifs is 1. The van der Waals surface area contributed by atoms with Crippen LogP contribution in [-0.2, 0) is 23.8 Å². The summed E-state index contributed by atoms with van der Waals surface area (Å²) in [4.78, 5) is 47.7. The number of likely N-dealkylation sites (tertiary alicyclic amines) is 2. The number of alkyl halides is 3. The molecule has 3 aliphatic rings. The Kier molecular flexibility index (Phi) is 10.7. The number of hydrogen-bond donors (Lipinski definition) is 3. The SMILES string of the molecule is CNc1c(Cl)cc(CC(NC(=O)N2CCC(N3CCc4ccccc4NC3=O)CC2)C(=O)N2CCC(N(C)C)CC2)cc1C(F)(F)F. The molecule has 256 valence electrons. The molecule has 2 aromatic rings. The van der Waals surface area contributed by atoms with Crippen molar-refractivity contribution < 1.29 is 27.6 Å². The van der Waals surface area contributed by atoms with Crippen LogP contribution in [0.25, 0.3) is 0 Å². The van der Waals surface area contributed by atoms with E-state index in [0.717, 1.165) is 36.6 Å². The molecule has 2 aromatic carbocycles. The zero-order chi connectivity index (χ0) is 33.9. The van der Waals surface area contributed by atoms with Crippen molar-refractivity contribution >= 4 is 40.9 Å². The third-order valence-corrected chi connectivity index (χ3v) is 9.88. The first-order valence-corrected chi connectivity index (χ1v) is 16.5. The van der Waals surface area contributed by atoms with Crippen LogP contribution in [0.5, 0.6) is 0 Å². The zero-order valence-corrected chi connectivity index (χ0v) is 27.8. The van der Waals surface area contributed by atoms with Gasteiger partial charge in [-0.05, 0) is 75.5 Å². The first-order valence-electron chi connectivity index (χ1n) is 16.1. The molecule has 14 heteroatoms. The Bertz CT molecular complexity index is 1460. The second-order valence-electron chi connectivity index (χ2n) is 12.7. The molecule has 2 fully saturated rings. The van der Waals surface area contributed by atoms with Crippen LogP contribution in [0.2, 0.25) is 5.02 Å². The van der Waals surface area contributed by atoms with Crippen LogP contribution in [0.4, 0.5) is 34.1 Å². The maximum atomic E-state index is 13.9. The molecule has 0 saturated carbocycles. The molecule has 1 unspecified atom stereocenters. The number of rotatable bonds is 7. The molecule has 0 spiro atoms. The van der Waals surface area contributed by atoms with Gasteiger partial charge in [-0.25, -0.2) is 9.59 Å². The van der Waals surface area contributed by atoms with Crippen molar-refractivity contribution in [2.75, 3.05) is 64.5 Å². The van der Waals surface area contributed by atoms with E-state index >= 15 is 0 Å². The number of nitrogens with zero attached hydrogens (tertiary/aromatic N) is 4. The Labute approximate surface area is 278 Å².